The fraction of sp³-hybridized carbons (Fsp3) is 0.591. The number of hydrogen-bond donors (Lipinski definition) is 1. The van der Waals surface area contributed by atoms with Gasteiger partial charge < -0.3 is 9.80 Å². The van der Waals surface area contributed by atoms with E-state index >= 15 is 0 Å². The van der Waals surface area contributed by atoms with E-state index < -0.39 is 6.04 Å². The molecule has 2 unspecified atom stereocenters. The Kier molecular flexibility index (Phi) is 4.68. The molecule has 3 aliphatic heterocycles. The van der Waals surface area contributed by atoms with Gasteiger partial charge in [0.05, 0.1) is 0 Å². The summed E-state index contributed by atoms with van der Waals surface area (Å²) in [5.41, 5.74) is 3.02. The van der Waals surface area contributed by atoms with Gasteiger partial charge >= 0.3 is 0 Å². The maximum Gasteiger partial charge on any atom is 0.255 e. The molecule has 0 spiro atoms. The Labute approximate surface area is 166 Å². The Balaban J connectivity index is 1.53. The Morgan fingerprint density at radius 2 is 1.89 bits per heavy atom. The second-order valence-corrected chi connectivity index (χ2v) is 9.39. The standard InChI is InChI=1S/C22H29N3O3/c1-22(2,3)15-5-4-10-24(13-15)16-7-6-14-12-25(21(28)17(14)11-16)18-8-9-19(26)23-20(18)27/h6-7,11,15,18H,4-5,8-10,12-13H2,1-3H3,(H,23,26,27). The molecule has 3 heterocycles. The number of nitrogens with zero attached hydrogens (tertiary/aromatic N) is 2. The first kappa shape index (κ1) is 19.0. The van der Waals surface area contributed by atoms with Crippen molar-refractivity contribution < 1.29 is 14.4 Å². The van der Waals surface area contributed by atoms with Crippen LogP contribution >= 0.6 is 0 Å². The van der Waals surface area contributed by atoms with Crippen LogP contribution < -0.4 is 10.2 Å². The molecule has 2 fully saturated rings. The third kappa shape index (κ3) is 3.40. The highest BCUT2D eigenvalue weighted by Crippen LogP contribution is 2.36. The van der Waals surface area contributed by atoms with Gasteiger partial charge in [0, 0.05) is 37.3 Å². The van der Waals surface area contributed by atoms with Crippen LogP contribution in [0.15, 0.2) is 18.2 Å². The van der Waals surface area contributed by atoms with Gasteiger partial charge in [0.1, 0.15) is 6.04 Å². The van der Waals surface area contributed by atoms with Crippen LogP contribution in [-0.4, -0.2) is 41.8 Å². The second-order valence-electron chi connectivity index (χ2n) is 9.39. The van der Waals surface area contributed by atoms with Crippen molar-refractivity contribution in [3.8, 4) is 0 Å². The molecule has 0 radical (unpaired) electrons. The minimum Gasteiger partial charge on any atom is -0.371 e. The van der Waals surface area contributed by atoms with Gasteiger partial charge in [0.15, 0.2) is 0 Å². The summed E-state index contributed by atoms with van der Waals surface area (Å²) in [5, 5.41) is 2.36. The Bertz CT molecular complexity index is 827. The third-order valence-electron chi connectivity index (χ3n) is 6.52. The number of anilines is 1. The topological polar surface area (TPSA) is 69.7 Å². The minimum absolute atomic E-state index is 0.101. The summed E-state index contributed by atoms with van der Waals surface area (Å²) in [7, 11) is 0. The van der Waals surface area contributed by atoms with Crippen molar-refractivity contribution in [1.29, 1.82) is 0 Å². The molecule has 3 amide bonds. The smallest absolute Gasteiger partial charge is 0.255 e. The molecular weight excluding hydrogens is 354 g/mol. The van der Waals surface area contributed by atoms with E-state index in [0.717, 1.165) is 30.8 Å². The van der Waals surface area contributed by atoms with Gasteiger partial charge in [-0.3, -0.25) is 19.7 Å². The lowest BCUT2D eigenvalue weighted by atomic mass is 9.76. The zero-order valence-corrected chi connectivity index (χ0v) is 17.0. The number of amides is 3. The minimum atomic E-state index is -0.554. The number of imide groups is 1. The first-order valence-electron chi connectivity index (χ1n) is 10.3. The van der Waals surface area contributed by atoms with Gasteiger partial charge in [0.25, 0.3) is 5.91 Å². The van der Waals surface area contributed by atoms with Crippen molar-refractivity contribution in [3.63, 3.8) is 0 Å². The van der Waals surface area contributed by atoms with Gasteiger partial charge in [-0.2, -0.15) is 0 Å². The Hall–Kier alpha value is -2.37. The van der Waals surface area contributed by atoms with Crippen molar-refractivity contribution in [1.82, 2.24) is 10.2 Å². The number of carbonyl (C=O) groups excluding carboxylic acids is 3. The molecule has 1 N–H and O–H groups in total. The molecule has 1 aromatic carbocycles. The number of nitrogens with one attached hydrogen (secondary N) is 1. The second kappa shape index (κ2) is 6.90. The van der Waals surface area contributed by atoms with E-state index in [1.807, 2.05) is 12.1 Å². The molecule has 28 heavy (non-hydrogen) atoms. The number of piperidine rings is 2. The summed E-state index contributed by atoms with van der Waals surface area (Å²) in [4.78, 5) is 40.6. The van der Waals surface area contributed by atoms with Gasteiger partial charge in [-0.25, -0.2) is 0 Å². The van der Waals surface area contributed by atoms with Crippen molar-refractivity contribution >= 4 is 23.4 Å². The number of carbonyl (C=O) groups is 3. The molecule has 3 aliphatic rings. The molecule has 0 aliphatic carbocycles. The number of benzene rings is 1. The molecule has 6 nitrogen and oxygen atoms in total. The maximum atomic E-state index is 13.0. The van der Waals surface area contributed by atoms with Crippen LogP contribution in [0, 0.1) is 11.3 Å². The lowest BCUT2D eigenvalue weighted by molar-refractivity contribution is -0.136. The first-order chi connectivity index (χ1) is 13.2. The normalized spacial score (nSPS) is 25.8. The third-order valence-corrected chi connectivity index (χ3v) is 6.52. The quantitative estimate of drug-likeness (QED) is 0.798. The van der Waals surface area contributed by atoms with Crippen molar-refractivity contribution in [2.24, 2.45) is 11.3 Å². The fourth-order valence-corrected chi connectivity index (χ4v) is 4.66. The van der Waals surface area contributed by atoms with Crippen LogP contribution in [0.25, 0.3) is 0 Å². The predicted molar refractivity (Wildman–Crippen MR) is 107 cm³/mol. The van der Waals surface area contributed by atoms with E-state index in [4.69, 9.17) is 0 Å². The zero-order chi connectivity index (χ0) is 20.1. The molecule has 0 aromatic heterocycles. The molecule has 2 atom stereocenters. The van der Waals surface area contributed by atoms with Gasteiger partial charge in [-0.15, -0.1) is 0 Å². The largest absolute Gasteiger partial charge is 0.371 e. The SMILES string of the molecule is CC(C)(C)C1CCCN(c2ccc3c(c2)C(=O)N(C2CCC(=O)NC2=O)C3)C1. The average Bonchev–Trinajstić information content (AvgIpc) is 2.97. The van der Waals surface area contributed by atoms with Crippen molar-refractivity contribution in [3.05, 3.63) is 29.3 Å². The molecule has 4 rings (SSSR count). The molecule has 0 bridgehead atoms. The van der Waals surface area contributed by atoms with Gasteiger partial charge in [-0.05, 0) is 48.3 Å². The Morgan fingerprint density at radius 1 is 1.11 bits per heavy atom. The monoisotopic (exact) mass is 383 g/mol. The lowest BCUT2D eigenvalue weighted by Crippen LogP contribution is -2.52. The van der Waals surface area contributed by atoms with Crippen LogP contribution in [0.5, 0.6) is 0 Å². The van der Waals surface area contributed by atoms with E-state index in [1.165, 1.54) is 6.42 Å². The summed E-state index contributed by atoms with van der Waals surface area (Å²) in [6.07, 6.45) is 3.09. The van der Waals surface area contributed by atoms with E-state index in [2.05, 4.69) is 37.1 Å². The molecule has 150 valence electrons. The lowest BCUT2D eigenvalue weighted by Gasteiger charge is -2.41. The summed E-state index contributed by atoms with van der Waals surface area (Å²) in [5.74, 6) is -0.0891. The molecule has 2 saturated heterocycles. The molecule has 0 saturated carbocycles. The zero-order valence-electron chi connectivity index (χ0n) is 17.0. The summed E-state index contributed by atoms with van der Waals surface area (Å²) < 4.78 is 0. The predicted octanol–water partition coefficient (Wildman–Crippen LogP) is 2.71. The Morgan fingerprint density at radius 3 is 2.61 bits per heavy atom. The summed E-state index contributed by atoms with van der Waals surface area (Å²) >= 11 is 0. The average molecular weight is 383 g/mol. The van der Waals surface area contributed by atoms with Crippen molar-refractivity contribution in [2.75, 3.05) is 18.0 Å². The van der Waals surface area contributed by atoms with E-state index in [1.54, 1.807) is 4.90 Å². The number of fused-ring (bicyclic) bond motifs is 1. The van der Waals surface area contributed by atoms with E-state index in [9.17, 15) is 14.4 Å². The molecule has 6 heteroatoms. The fourth-order valence-electron chi connectivity index (χ4n) is 4.66. The van der Waals surface area contributed by atoms with Crippen molar-refractivity contribution in [2.45, 2.75) is 59.0 Å². The highest BCUT2D eigenvalue weighted by Gasteiger charge is 2.39. The summed E-state index contributed by atoms with van der Waals surface area (Å²) in [6.45, 7) is 9.34. The van der Waals surface area contributed by atoms with E-state index in [-0.39, 0.29) is 29.6 Å². The van der Waals surface area contributed by atoms with Crippen LogP contribution in [0.4, 0.5) is 5.69 Å². The highest BCUT2D eigenvalue weighted by molar-refractivity contribution is 6.05. The van der Waals surface area contributed by atoms with Crippen LogP contribution in [0.3, 0.4) is 0 Å². The van der Waals surface area contributed by atoms with Gasteiger partial charge in [0.2, 0.25) is 11.8 Å². The first-order valence-corrected chi connectivity index (χ1v) is 10.3. The van der Waals surface area contributed by atoms with Crippen LogP contribution in [0.1, 0.15) is 62.4 Å². The maximum absolute atomic E-state index is 13.0. The van der Waals surface area contributed by atoms with Crippen LogP contribution in [0.2, 0.25) is 0 Å². The van der Waals surface area contributed by atoms with Gasteiger partial charge in [-0.1, -0.05) is 26.8 Å². The number of hydrogen-bond acceptors (Lipinski definition) is 4. The number of rotatable bonds is 2. The van der Waals surface area contributed by atoms with E-state index in [0.29, 0.717) is 24.4 Å². The van der Waals surface area contributed by atoms with Crippen LogP contribution in [-0.2, 0) is 16.1 Å². The molecule has 1 aromatic rings. The highest BCUT2D eigenvalue weighted by atomic mass is 16.2. The molecular formula is C22H29N3O3. The summed E-state index contributed by atoms with van der Waals surface area (Å²) in [6, 6.07) is 5.57.